The van der Waals surface area contributed by atoms with Gasteiger partial charge in [0.05, 0.1) is 3.79 Å². The largest absolute Gasteiger partial charge is 0.305 e. The average molecular weight is 410 g/mol. The minimum atomic E-state index is 0.307. The van der Waals surface area contributed by atoms with Crippen LogP contribution >= 0.6 is 54.8 Å². The van der Waals surface area contributed by atoms with Crippen LogP contribution in [0.25, 0.3) is 0 Å². The average Bonchev–Trinajstić information content (AvgIpc) is 2.67. The Morgan fingerprint density at radius 1 is 1.28 bits per heavy atom. The molecule has 1 N–H and O–H groups in total. The van der Waals surface area contributed by atoms with E-state index < -0.39 is 0 Å². The Bertz CT molecular complexity index is 505. The highest BCUT2D eigenvalue weighted by molar-refractivity contribution is 9.13. The summed E-state index contributed by atoms with van der Waals surface area (Å²) in [5.74, 6) is 0. The second-order valence-electron chi connectivity index (χ2n) is 3.99. The van der Waals surface area contributed by atoms with Crippen LogP contribution in [0.1, 0.15) is 23.4 Å². The predicted octanol–water partition coefficient (Wildman–Crippen LogP) is 5.78. The van der Waals surface area contributed by atoms with Crippen LogP contribution in [0.4, 0.5) is 0 Å². The van der Waals surface area contributed by atoms with Gasteiger partial charge in [0.15, 0.2) is 0 Å². The van der Waals surface area contributed by atoms with Crippen LogP contribution in [-0.2, 0) is 6.54 Å². The van der Waals surface area contributed by atoms with Crippen LogP contribution in [0.5, 0.6) is 0 Å². The van der Waals surface area contributed by atoms with Gasteiger partial charge in [-0.05, 0) is 62.5 Å². The van der Waals surface area contributed by atoms with E-state index in [1.165, 1.54) is 10.4 Å². The molecule has 0 aliphatic carbocycles. The number of thiophene rings is 1. The molecule has 18 heavy (non-hydrogen) atoms. The van der Waals surface area contributed by atoms with Gasteiger partial charge in [-0.15, -0.1) is 11.3 Å². The van der Waals surface area contributed by atoms with Gasteiger partial charge >= 0.3 is 0 Å². The molecule has 0 amide bonds. The third kappa shape index (κ3) is 3.81. The van der Waals surface area contributed by atoms with Crippen molar-refractivity contribution in [1.82, 2.24) is 5.32 Å². The summed E-state index contributed by atoms with van der Waals surface area (Å²) in [7, 11) is 0. The molecule has 1 aromatic carbocycles. The van der Waals surface area contributed by atoms with E-state index in [0.717, 1.165) is 19.8 Å². The van der Waals surface area contributed by atoms with Crippen molar-refractivity contribution in [3.05, 3.63) is 54.1 Å². The summed E-state index contributed by atoms with van der Waals surface area (Å²) in [4.78, 5) is 1.30. The van der Waals surface area contributed by atoms with E-state index in [0.29, 0.717) is 6.04 Å². The monoisotopic (exact) mass is 407 g/mol. The van der Waals surface area contributed by atoms with Crippen molar-refractivity contribution in [1.29, 1.82) is 0 Å². The van der Waals surface area contributed by atoms with Crippen molar-refractivity contribution >= 4 is 54.8 Å². The summed E-state index contributed by atoms with van der Waals surface area (Å²) in [6.45, 7) is 3.01. The maximum Gasteiger partial charge on any atom is 0.0843 e. The van der Waals surface area contributed by atoms with E-state index in [1.807, 2.05) is 12.1 Å². The zero-order valence-corrected chi connectivity index (χ0v) is 14.5. The van der Waals surface area contributed by atoms with Crippen molar-refractivity contribution in [2.24, 2.45) is 0 Å². The Labute approximate surface area is 133 Å². The van der Waals surface area contributed by atoms with Crippen LogP contribution in [0.2, 0.25) is 5.02 Å². The third-order valence-electron chi connectivity index (χ3n) is 2.65. The second-order valence-corrected chi connectivity index (χ2v) is 7.73. The Kier molecular flexibility index (Phi) is 5.27. The fourth-order valence-electron chi connectivity index (χ4n) is 1.60. The summed E-state index contributed by atoms with van der Waals surface area (Å²) in [5, 5.41) is 4.28. The molecule has 0 radical (unpaired) electrons. The molecule has 0 fully saturated rings. The molecule has 2 rings (SSSR count). The fourth-order valence-corrected chi connectivity index (χ4v) is 3.86. The Morgan fingerprint density at radius 2 is 1.94 bits per heavy atom. The van der Waals surface area contributed by atoms with Crippen LogP contribution < -0.4 is 5.32 Å². The topological polar surface area (TPSA) is 12.0 Å². The smallest absolute Gasteiger partial charge is 0.0843 e. The first-order valence-electron chi connectivity index (χ1n) is 5.49. The van der Waals surface area contributed by atoms with E-state index in [9.17, 15) is 0 Å². The van der Waals surface area contributed by atoms with Crippen molar-refractivity contribution < 1.29 is 0 Å². The molecule has 0 saturated carbocycles. The van der Waals surface area contributed by atoms with E-state index in [1.54, 1.807) is 11.3 Å². The molecule has 1 nitrogen and oxygen atoms in total. The van der Waals surface area contributed by atoms with Crippen LogP contribution in [0.3, 0.4) is 0 Å². The molecule has 1 aromatic heterocycles. The van der Waals surface area contributed by atoms with E-state index in [4.69, 9.17) is 11.6 Å². The minimum absolute atomic E-state index is 0.307. The predicted molar refractivity (Wildman–Crippen MR) is 86.4 cm³/mol. The maximum atomic E-state index is 5.88. The molecule has 1 atom stereocenters. The quantitative estimate of drug-likeness (QED) is 0.675. The third-order valence-corrected chi connectivity index (χ3v) is 6.16. The Morgan fingerprint density at radius 3 is 2.50 bits per heavy atom. The number of rotatable bonds is 4. The number of halogens is 3. The first-order chi connectivity index (χ1) is 8.56. The molecular formula is C13H12Br2ClNS. The molecule has 96 valence electrons. The molecule has 5 heteroatoms. The van der Waals surface area contributed by atoms with Gasteiger partial charge in [-0.1, -0.05) is 23.7 Å². The summed E-state index contributed by atoms with van der Waals surface area (Å²) in [5.41, 5.74) is 1.24. The lowest BCUT2D eigenvalue weighted by Gasteiger charge is -2.13. The maximum absolute atomic E-state index is 5.88. The highest BCUT2D eigenvalue weighted by Gasteiger charge is 2.07. The van der Waals surface area contributed by atoms with Gasteiger partial charge in [-0.25, -0.2) is 0 Å². The molecule has 0 aliphatic rings. The van der Waals surface area contributed by atoms with E-state index in [2.05, 4.69) is 62.3 Å². The first kappa shape index (κ1) is 14.5. The molecule has 0 spiro atoms. The molecule has 0 bridgehead atoms. The van der Waals surface area contributed by atoms with Crippen LogP contribution in [0, 0.1) is 0 Å². The van der Waals surface area contributed by atoms with Crippen LogP contribution in [0.15, 0.2) is 38.6 Å². The SMILES string of the molecule is C[C@H](NCc1cc(Br)c(Br)s1)c1ccc(Cl)cc1. The summed E-state index contributed by atoms with van der Waals surface area (Å²) >= 11 is 14.6. The molecule has 1 heterocycles. The number of hydrogen-bond acceptors (Lipinski definition) is 2. The zero-order chi connectivity index (χ0) is 13.1. The molecular weight excluding hydrogens is 397 g/mol. The standard InChI is InChI=1S/C13H12Br2ClNS/c1-8(9-2-4-10(16)5-3-9)17-7-11-6-12(14)13(15)18-11/h2-6,8,17H,7H2,1H3/t8-/m0/s1. The van der Waals surface area contributed by atoms with Gasteiger partial charge in [-0.2, -0.15) is 0 Å². The van der Waals surface area contributed by atoms with Crippen molar-refractivity contribution in [3.63, 3.8) is 0 Å². The molecule has 0 unspecified atom stereocenters. The highest BCUT2D eigenvalue weighted by Crippen LogP contribution is 2.32. The highest BCUT2D eigenvalue weighted by atomic mass is 79.9. The molecule has 0 saturated heterocycles. The minimum Gasteiger partial charge on any atom is -0.305 e. The van der Waals surface area contributed by atoms with E-state index in [-0.39, 0.29) is 0 Å². The number of benzene rings is 1. The lowest BCUT2D eigenvalue weighted by atomic mass is 10.1. The summed E-state index contributed by atoms with van der Waals surface area (Å²) in [6, 6.07) is 10.4. The van der Waals surface area contributed by atoms with E-state index >= 15 is 0 Å². The Hall–Kier alpha value is 0.130. The van der Waals surface area contributed by atoms with Gasteiger partial charge in [0.25, 0.3) is 0 Å². The molecule has 0 aliphatic heterocycles. The Balaban J connectivity index is 1.95. The van der Waals surface area contributed by atoms with Crippen molar-refractivity contribution in [2.75, 3.05) is 0 Å². The number of hydrogen-bond donors (Lipinski definition) is 1. The second kappa shape index (κ2) is 6.53. The lowest BCUT2D eigenvalue weighted by molar-refractivity contribution is 0.579. The van der Waals surface area contributed by atoms with Gasteiger partial charge in [0.1, 0.15) is 0 Å². The van der Waals surface area contributed by atoms with Gasteiger partial charge < -0.3 is 5.32 Å². The van der Waals surface area contributed by atoms with Crippen LogP contribution in [-0.4, -0.2) is 0 Å². The van der Waals surface area contributed by atoms with Gasteiger partial charge in [0.2, 0.25) is 0 Å². The van der Waals surface area contributed by atoms with Gasteiger partial charge in [0, 0.05) is 27.0 Å². The number of nitrogens with one attached hydrogen (secondary N) is 1. The summed E-state index contributed by atoms with van der Waals surface area (Å²) < 4.78 is 2.25. The normalized spacial score (nSPS) is 12.7. The first-order valence-corrected chi connectivity index (χ1v) is 8.27. The summed E-state index contributed by atoms with van der Waals surface area (Å²) in [6.07, 6.45) is 0. The van der Waals surface area contributed by atoms with Crippen molar-refractivity contribution in [3.8, 4) is 0 Å². The lowest BCUT2D eigenvalue weighted by Crippen LogP contribution is -2.17. The fraction of sp³-hybridized carbons (Fsp3) is 0.231. The van der Waals surface area contributed by atoms with Gasteiger partial charge in [-0.3, -0.25) is 0 Å². The van der Waals surface area contributed by atoms with Crippen molar-refractivity contribution in [2.45, 2.75) is 19.5 Å². The zero-order valence-electron chi connectivity index (χ0n) is 9.71. The molecule has 2 aromatic rings.